The van der Waals surface area contributed by atoms with Crippen LogP contribution in [0.5, 0.6) is 5.75 Å². The number of hydrogen-bond donors (Lipinski definition) is 1. The molecule has 0 spiro atoms. The molecule has 0 bridgehead atoms. The normalized spacial score (nSPS) is 12.8. The third kappa shape index (κ3) is 3.40. The number of ether oxygens (including phenoxy) is 1. The molecule has 0 aliphatic rings. The lowest BCUT2D eigenvalue weighted by Crippen LogP contribution is -2.21. The molecule has 1 aromatic rings. The van der Waals surface area contributed by atoms with E-state index < -0.39 is 11.6 Å². The molecule has 0 saturated heterocycles. The molecule has 0 aliphatic heterocycles. The highest BCUT2D eigenvalue weighted by Gasteiger charge is 2.20. The fourth-order valence-electron chi connectivity index (χ4n) is 1.93. The summed E-state index contributed by atoms with van der Waals surface area (Å²) in [6, 6.07) is 1.95. The van der Waals surface area contributed by atoms with Crippen molar-refractivity contribution in [1.29, 1.82) is 0 Å². The van der Waals surface area contributed by atoms with Crippen LogP contribution < -0.4 is 4.74 Å². The zero-order valence-corrected chi connectivity index (χ0v) is 10.9. The molecule has 0 radical (unpaired) electrons. The van der Waals surface area contributed by atoms with Gasteiger partial charge in [-0.25, -0.2) is 8.78 Å². The summed E-state index contributed by atoms with van der Waals surface area (Å²) in [6.07, 6.45) is 1.10. The number of benzene rings is 1. The van der Waals surface area contributed by atoms with Gasteiger partial charge in [0.25, 0.3) is 0 Å². The Morgan fingerprint density at radius 3 is 2.44 bits per heavy atom. The van der Waals surface area contributed by atoms with Crippen LogP contribution in [0.2, 0.25) is 0 Å². The van der Waals surface area contributed by atoms with Gasteiger partial charge >= 0.3 is 0 Å². The zero-order valence-electron chi connectivity index (χ0n) is 10.9. The average Bonchev–Trinajstić information content (AvgIpc) is 2.32. The molecule has 1 rings (SSSR count). The van der Waals surface area contributed by atoms with Crippen molar-refractivity contribution in [3.8, 4) is 5.75 Å². The molecule has 18 heavy (non-hydrogen) atoms. The maximum Gasteiger partial charge on any atom is 0.165 e. The highest BCUT2D eigenvalue weighted by atomic mass is 19.1. The average molecular weight is 259 g/mol. The quantitative estimate of drug-likeness (QED) is 0.851. The Bertz CT molecular complexity index is 397. The maximum atomic E-state index is 13.9. The van der Waals surface area contributed by atoms with E-state index in [1.54, 1.807) is 19.0 Å². The van der Waals surface area contributed by atoms with Crippen LogP contribution in [0.1, 0.15) is 24.4 Å². The van der Waals surface area contributed by atoms with Gasteiger partial charge in [0.05, 0.1) is 7.11 Å². The van der Waals surface area contributed by atoms with Gasteiger partial charge < -0.3 is 14.7 Å². The van der Waals surface area contributed by atoms with Crippen LogP contribution in [0.25, 0.3) is 0 Å². The summed E-state index contributed by atoms with van der Waals surface area (Å²) >= 11 is 0. The molecule has 0 aliphatic carbocycles. The van der Waals surface area contributed by atoms with Crippen molar-refractivity contribution in [2.75, 3.05) is 27.8 Å². The molecule has 102 valence electrons. The lowest BCUT2D eigenvalue weighted by molar-refractivity contribution is 0.231. The molecule has 1 atom stereocenters. The molecule has 5 heteroatoms. The summed E-state index contributed by atoms with van der Waals surface area (Å²) in [5.74, 6) is -1.18. The van der Waals surface area contributed by atoms with E-state index in [2.05, 4.69) is 0 Å². The zero-order chi connectivity index (χ0) is 13.7. The summed E-state index contributed by atoms with van der Waals surface area (Å²) in [7, 11) is 4.89. The Balaban J connectivity index is 3.08. The van der Waals surface area contributed by atoms with Gasteiger partial charge in [0, 0.05) is 24.3 Å². The highest BCUT2D eigenvalue weighted by molar-refractivity contribution is 5.32. The van der Waals surface area contributed by atoms with Gasteiger partial charge in [-0.05, 0) is 33.0 Å². The molecule has 1 aromatic carbocycles. The van der Waals surface area contributed by atoms with Gasteiger partial charge in [-0.15, -0.1) is 0 Å². The van der Waals surface area contributed by atoms with Gasteiger partial charge in [0.15, 0.2) is 11.6 Å². The van der Waals surface area contributed by atoms with Crippen molar-refractivity contribution < 1.29 is 18.6 Å². The van der Waals surface area contributed by atoms with Crippen molar-refractivity contribution in [3.63, 3.8) is 0 Å². The highest BCUT2D eigenvalue weighted by Crippen LogP contribution is 2.30. The Morgan fingerprint density at radius 2 is 1.94 bits per heavy atom. The molecular formula is C13H19F2NO2. The second-order valence-corrected chi connectivity index (χ2v) is 4.35. The number of aliphatic hydroxyl groups is 1. The predicted molar refractivity (Wildman–Crippen MR) is 65.7 cm³/mol. The van der Waals surface area contributed by atoms with E-state index in [1.165, 1.54) is 7.11 Å². The van der Waals surface area contributed by atoms with Crippen molar-refractivity contribution in [1.82, 2.24) is 4.90 Å². The van der Waals surface area contributed by atoms with Crippen LogP contribution in [0.15, 0.2) is 12.1 Å². The van der Waals surface area contributed by atoms with E-state index in [4.69, 9.17) is 9.84 Å². The van der Waals surface area contributed by atoms with E-state index in [0.29, 0.717) is 12.8 Å². The first-order chi connectivity index (χ1) is 8.51. The first-order valence-electron chi connectivity index (χ1n) is 5.81. The topological polar surface area (TPSA) is 32.7 Å². The molecule has 0 aromatic heterocycles. The van der Waals surface area contributed by atoms with Gasteiger partial charge in [-0.3, -0.25) is 0 Å². The van der Waals surface area contributed by atoms with Crippen molar-refractivity contribution in [2.45, 2.75) is 18.9 Å². The molecular weight excluding hydrogens is 240 g/mol. The third-order valence-corrected chi connectivity index (χ3v) is 2.89. The van der Waals surface area contributed by atoms with E-state index in [0.717, 1.165) is 12.1 Å². The molecule has 1 N–H and O–H groups in total. The Kier molecular flexibility index (Phi) is 5.50. The van der Waals surface area contributed by atoms with Crippen LogP contribution in [0.4, 0.5) is 8.78 Å². The van der Waals surface area contributed by atoms with Crippen LogP contribution >= 0.6 is 0 Å². The smallest absolute Gasteiger partial charge is 0.165 e. The molecule has 0 heterocycles. The fraction of sp³-hybridized carbons (Fsp3) is 0.538. The summed E-state index contributed by atoms with van der Waals surface area (Å²) in [5, 5.41) is 8.84. The fourth-order valence-corrected chi connectivity index (χ4v) is 1.93. The summed E-state index contributed by atoms with van der Waals surface area (Å²) in [5.41, 5.74) is 0.284. The van der Waals surface area contributed by atoms with Crippen LogP contribution in [0, 0.1) is 11.6 Å². The van der Waals surface area contributed by atoms with E-state index in [9.17, 15) is 8.78 Å². The molecule has 0 saturated carbocycles. The van der Waals surface area contributed by atoms with E-state index >= 15 is 0 Å². The number of aliphatic hydroxyl groups excluding tert-OH is 1. The summed E-state index contributed by atoms with van der Waals surface area (Å²) in [4.78, 5) is 1.81. The first-order valence-corrected chi connectivity index (χ1v) is 5.81. The van der Waals surface area contributed by atoms with Gasteiger partial charge in [-0.1, -0.05) is 0 Å². The number of rotatable bonds is 6. The molecule has 0 amide bonds. The Morgan fingerprint density at radius 1 is 1.28 bits per heavy atom. The number of methoxy groups -OCH3 is 1. The minimum atomic E-state index is -0.579. The van der Waals surface area contributed by atoms with Gasteiger partial charge in [0.2, 0.25) is 0 Å². The second kappa shape index (κ2) is 6.66. The van der Waals surface area contributed by atoms with Crippen LogP contribution in [-0.4, -0.2) is 37.8 Å². The SMILES string of the molecule is COc1cc(F)c(C(CCCO)N(C)C)cc1F. The van der Waals surface area contributed by atoms with Gasteiger partial charge in [-0.2, -0.15) is 0 Å². The van der Waals surface area contributed by atoms with Crippen LogP contribution in [-0.2, 0) is 0 Å². The summed E-state index contributed by atoms with van der Waals surface area (Å²) in [6.45, 7) is 0.0323. The van der Waals surface area contributed by atoms with Crippen molar-refractivity contribution in [2.24, 2.45) is 0 Å². The van der Waals surface area contributed by atoms with Crippen molar-refractivity contribution >= 4 is 0 Å². The molecule has 3 nitrogen and oxygen atoms in total. The minimum Gasteiger partial charge on any atom is -0.494 e. The monoisotopic (exact) mass is 259 g/mol. The third-order valence-electron chi connectivity index (χ3n) is 2.89. The van der Waals surface area contributed by atoms with E-state index in [-0.39, 0.29) is 24.0 Å². The second-order valence-electron chi connectivity index (χ2n) is 4.35. The number of hydrogen-bond acceptors (Lipinski definition) is 3. The first kappa shape index (κ1) is 14.9. The molecule has 0 fully saturated rings. The largest absolute Gasteiger partial charge is 0.494 e. The maximum absolute atomic E-state index is 13.9. The standard InChI is InChI=1S/C13H19F2NO2/c1-16(2)12(5-4-6-17)9-7-11(15)13(18-3)8-10(9)14/h7-8,12,17H,4-6H2,1-3H3. The predicted octanol–water partition coefficient (Wildman–Crippen LogP) is 2.35. The minimum absolute atomic E-state index is 0.0323. The number of nitrogens with zero attached hydrogens (tertiary/aromatic N) is 1. The Hall–Kier alpha value is -1.20. The van der Waals surface area contributed by atoms with Crippen LogP contribution in [0.3, 0.4) is 0 Å². The van der Waals surface area contributed by atoms with Crippen molar-refractivity contribution in [3.05, 3.63) is 29.3 Å². The lowest BCUT2D eigenvalue weighted by Gasteiger charge is -2.25. The summed E-state index contributed by atoms with van der Waals surface area (Å²) < 4.78 is 32.3. The molecule has 1 unspecified atom stereocenters. The Labute approximate surface area is 106 Å². The van der Waals surface area contributed by atoms with E-state index in [1.807, 2.05) is 0 Å². The lowest BCUT2D eigenvalue weighted by atomic mass is 10.00. The number of halogens is 2. The van der Waals surface area contributed by atoms with Gasteiger partial charge in [0.1, 0.15) is 5.82 Å².